The van der Waals surface area contributed by atoms with Gasteiger partial charge in [-0.2, -0.15) is 9.48 Å². The molecule has 140 valence electrons. The van der Waals surface area contributed by atoms with Gasteiger partial charge >= 0.3 is 5.97 Å². The molecule has 10 heteroatoms. The molecule has 28 heavy (non-hydrogen) atoms. The average Bonchev–Trinajstić information content (AvgIpc) is 3.16. The van der Waals surface area contributed by atoms with Crippen LogP contribution in [0.5, 0.6) is 0 Å². The van der Waals surface area contributed by atoms with E-state index in [0.29, 0.717) is 16.7 Å². The van der Waals surface area contributed by atoms with Crippen molar-refractivity contribution in [3.63, 3.8) is 0 Å². The highest BCUT2D eigenvalue weighted by atomic mass is 16.5. The fourth-order valence-electron chi connectivity index (χ4n) is 2.53. The first-order valence-corrected chi connectivity index (χ1v) is 8.43. The molecule has 0 fully saturated rings. The molecular weight excluding hydrogens is 362 g/mol. The van der Waals surface area contributed by atoms with E-state index in [2.05, 4.69) is 25.7 Å². The predicted molar refractivity (Wildman–Crippen MR) is 97.9 cm³/mol. The fraction of sp³-hybridized carbons (Fsp3) is 0.167. The van der Waals surface area contributed by atoms with E-state index in [0.717, 1.165) is 20.6 Å². The maximum absolute atomic E-state index is 12.3. The summed E-state index contributed by atoms with van der Waals surface area (Å²) in [5.41, 5.74) is 2.00. The minimum Gasteiger partial charge on any atom is -0.441 e. The third-order valence-electron chi connectivity index (χ3n) is 4.01. The maximum atomic E-state index is 12.3. The number of carbonyl (C=O) groups is 1. The van der Waals surface area contributed by atoms with Gasteiger partial charge in [0.1, 0.15) is 5.52 Å². The van der Waals surface area contributed by atoms with E-state index in [9.17, 15) is 9.59 Å². The number of carbonyl (C=O) groups excluding carboxylic acids is 1. The van der Waals surface area contributed by atoms with Gasteiger partial charge in [-0.25, -0.2) is 4.79 Å². The lowest BCUT2D eigenvalue weighted by Crippen LogP contribution is -2.27. The molecule has 0 aliphatic heterocycles. The van der Waals surface area contributed by atoms with Crippen molar-refractivity contribution in [3.05, 3.63) is 64.4 Å². The number of hydrogen-bond donors (Lipinski definition) is 0. The Hall–Kier alpha value is -3.95. The van der Waals surface area contributed by atoms with E-state index in [1.165, 1.54) is 0 Å². The SMILES string of the molecule is Cc1ccc(-c2nnn(CC(=O)OCn3nnc4ccccc4c3=O)n2)cc1. The van der Waals surface area contributed by atoms with E-state index in [1.54, 1.807) is 24.3 Å². The minimum absolute atomic E-state index is 0.241. The molecule has 0 atom stereocenters. The molecule has 4 rings (SSSR count). The summed E-state index contributed by atoms with van der Waals surface area (Å²) in [5.74, 6) is -0.223. The van der Waals surface area contributed by atoms with Gasteiger partial charge in [0.25, 0.3) is 5.56 Å². The highest BCUT2D eigenvalue weighted by Crippen LogP contribution is 2.13. The van der Waals surface area contributed by atoms with Crippen LogP contribution in [-0.4, -0.2) is 41.2 Å². The van der Waals surface area contributed by atoms with Gasteiger partial charge in [0.05, 0.1) is 5.39 Å². The quantitative estimate of drug-likeness (QED) is 0.472. The number of benzene rings is 2. The Morgan fingerprint density at radius 3 is 2.64 bits per heavy atom. The topological polar surface area (TPSA) is 118 Å². The summed E-state index contributed by atoms with van der Waals surface area (Å²) < 4.78 is 6.06. The van der Waals surface area contributed by atoms with E-state index in [4.69, 9.17) is 4.74 Å². The molecule has 0 saturated heterocycles. The summed E-state index contributed by atoms with van der Waals surface area (Å²) in [6.07, 6.45) is 0. The average molecular weight is 377 g/mol. The third kappa shape index (κ3) is 3.61. The zero-order valence-corrected chi connectivity index (χ0v) is 14.9. The van der Waals surface area contributed by atoms with Gasteiger partial charge in [-0.15, -0.1) is 15.3 Å². The second-order valence-electron chi connectivity index (χ2n) is 6.07. The molecule has 0 bridgehead atoms. The molecule has 2 aromatic carbocycles. The lowest BCUT2D eigenvalue weighted by molar-refractivity contribution is -0.149. The largest absolute Gasteiger partial charge is 0.441 e. The summed E-state index contributed by atoms with van der Waals surface area (Å²) in [7, 11) is 0. The van der Waals surface area contributed by atoms with Crippen LogP contribution in [0.3, 0.4) is 0 Å². The van der Waals surface area contributed by atoms with Crippen LogP contribution < -0.4 is 5.56 Å². The second-order valence-corrected chi connectivity index (χ2v) is 6.07. The van der Waals surface area contributed by atoms with Gasteiger partial charge in [-0.1, -0.05) is 47.2 Å². The fourth-order valence-corrected chi connectivity index (χ4v) is 2.53. The summed E-state index contributed by atoms with van der Waals surface area (Å²) in [4.78, 5) is 25.5. The van der Waals surface area contributed by atoms with Gasteiger partial charge in [0, 0.05) is 5.56 Å². The van der Waals surface area contributed by atoms with Crippen LogP contribution in [-0.2, 0) is 22.8 Å². The van der Waals surface area contributed by atoms with Crippen molar-refractivity contribution in [2.45, 2.75) is 20.2 Å². The number of rotatable bonds is 5. The zero-order chi connectivity index (χ0) is 19.5. The predicted octanol–water partition coefficient (Wildman–Crippen LogP) is 0.954. The molecule has 0 radical (unpaired) electrons. The molecule has 2 aromatic heterocycles. The maximum Gasteiger partial charge on any atom is 0.331 e. The summed E-state index contributed by atoms with van der Waals surface area (Å²) in [6.45, 7) is 1.39. The van der Waals surface area contributed by atoms with Crippen molar-refractivity contribution in [1.82, 2.24) is 35.2 Å². The monoisotopic (exact) mass is 377 g/mol. The number of hydrogen-bond acceptors (Lipinski definition) is 8. The molecule has 0 amide bonds. The number of nitrogens with zero attached hydrogens (tertiary/aromatic N) is 7. The lowest BCUT2D eigenvalue weighted by atomic mass is 10.1. The molecule has 0 saturated carbocycles. The molecule has 0 aliphatic rings. The summed E-state index contributed by atoms with van der Waals surface area (Å²) in [6, 6.07) is 14.4. The highest BCUT2D eigenvalue weighted by Gasteiger charge is 2.12. The Kier molecular flexibility index (Phi) is 4.58. The minimum atomic E-state index is -0.630. The highest BCUT2D eigenvalue weighted by molar-refractivity contribution is 5.76. The Balaban J connectivity index is 1.41. The van der Waals surface area contributed by atoms with Crippen LogP contribution in [0, 0.1) is 6.92 Å². The number of aryl methyl sites for hydroxylation is 1. The van der Waals surface area contributed by atoms with Gasteiger partial charge in [-0.3, -0.25) is 4.79 Å². The van der Waals surface area contributed by atoms with Crippen LogP contribution in [0.4, 0.5) is 0 Å². The molecule has 0 aliphatic carbocycles. The third-order valence-corrected chi connectivity index (χ3v) is 4.01. The van der Waals surface area contributed by atoms with Gasteiger partial charge in [-0.05, 0) is 24.3 Å². The summed E-state index contributed by atoms with van der Waals surface area (Å²) in [5, 5.41) is 20.0. The Morgan fingerprint density at radius 1 is 1.04 bits per heavy atom. The second kappa shape index (κ2) is 7.35. The Labute approximate surface area is 158 Å². The van der Waals surface area contributed by atoms with Crippen LogP contribution in [0.2, 0.25) is 0 Å². The van der Waals surface area contributed by atoms with Crippen LogP contribution in [0.15, 0.2) is 53.3 Å². The number of tetrazole rings is 1. The molecular formula is C18H15N7O3. The van der Waals surface area contributed by atoms with Crippen molar-refractivity contribution < 1.29 is 9.53 Å². The first-order chi connectivity index (χ1) is 13.6. The van der Waals surface area contributed by atoms with E-state index in [1.807, 2.05) is 31.2 Å². The molecule has 4 aromatic rings. The van der Waals surface area contributed by atoms with Crippen LogP contribution >= 0.6 is 0 Å². The van der Waals surface area contributed by atoms with E-state index in [-0.39, 0.29) is 18.8 Å². The van der Waals surface area contributed by atoms with Crippen LogP contribution in [0.25, 0.3) is 22.3 Å². The van der Waals surface area contributed by atoms with Crippen molar-refractivity contribution in [2.75, 3.05) is 0 Å². The molecule has 0 unspecified atom stereocenters. The zero-order valence-electron chi connectivity index (χ0n) is 14.9. The normalized spacial score (nSPS) is 10.9. The number of fused-ring (bicyclic) bond motifs is 1. The number of ether oxygens (including phenoxy) is 1. The Bertz CT molecular complexity index is 1200. The summed E-state index contributed by atoms with van der Waals surface area (Å²) >= 11 is 0. The first-order valence-electron chi connectivity index (χ1n) is 8.43. The van der Waals surface area contributed by atoms with Crippen molar-refractivity contribution in [2.24, 2.45) is 0 Å². The van der Waals surface area contributed by atoms with E-state index >= 15 is 0 Å². The van der Waals surface area contributed by atoms with E-state index < -0.39 is 5.97 Å². The van der Waals surface area contributed by atoms with Gasteiger partial charge in [0.15, 0.2) is 13.3 Å². The molecule has 2 heterocycles. The smallest absolute Gasteiger partial charge is 0.331 e. The number of aromatic nitrogens is 7. The van der Waals surface area contributed by atoms with Crippen molar-refractivity contribution in [3.8, 4) is 11.4 Å². The van der Waals surface area contributed by atoms with Crippen LogP contribution in [0.1, 0.15) is 5.56 Å². The molecule has 10 nitrogen and oxygen atoms in total. The molecule has 0 N–H and O–H groups in total. The van der Waals surface area contributed by atoms with Gasteiger partial charge < -0.3 is 4.74 Å². The first kappa shape index (κ1) is 17.5. The lowest BCUT2D eigenvalue weighted by Gasteiger charge is -2.06. The standard InChI is InChI=1S/C18H15N7O3/c1-12-6-8-13(9-7-12)17-20-23-25(21-17)10-16(26)28-11-24-18(27)14-4-2-3-5-15(14)19-22-24/h2-9H,10-11H2,1H3. The molecule has 0 spiro atoms. The number of esters is 1. The van der Waals surface area contributed by atoms with Crippen molar-refractivity contribution in [1.29, 1.82) is 0 Å². The van der Waals surface area contributed by atoms with Gasteiger partial charge in [0.2, 0.25) is 5.82 Å². The van der Waals surface area contributed by atoms with Crippen molar-refractivity contribution >= 4 is 16.9 Å². The Morgan fingerprint density at radius 2 is 1.82 bits per heavy atom.